The molecule has 4 rings (SSSR count). The van der Waals surface area contributed by atoms with Crippen molar-refractivity contribution in [3.05, 3.63) is 53.8 Å². The van der Waals surface area contributed by atoms with E-state index in [0.717, 1.165) is 22.7 Å². The highest BCUT2D eigenvalue weighted by molar-refractivity contribution is 7.89. The fourth-order valence-corrected chi connectivity index (χ4v) is 6.01. The van der Waals surface area contributed by atoms with E-state index in [1.165, 1.54) is 12.1 Å². The van der Waals surface area contributed by atoms with Crippen LogP contribution in [0.3, 0.4) is 0 Å². The van der Waals surface area contributed by atoms with E-state index in [2.05, 4.69) is 6.58 Å². The van der Waals surface area contributed by atoms with Gasteiger partial charge in [-0.3, -0.25) is 0 Å². The number of benzene rings is 1. The van der Waals surface area contributed by atoms with Crippen LogP contribution in [-0.2, 0) is 19.5 Å². The van der Waals surface area contributed by atoms with Crippen LogP contribution in [0.1, 0.15) is 44.6 Å². The molecule has 1 aliphatic carbocycles. The molecule has 0 radical (unpaired) electrons. The molecule has 7 heteroatoms. The zero-order valence-corrected chi connectivity index (χ0v) is 16.3. The summed E-state index contributed by atoms with van der Waals surface area (Å²) in [6.45, 7) is 7.73. The number of allylic oxidation sites excluding steroid dienone is 2. The number of sulfonamides is 1. The number of nitrogens with zero attached hydrogens (tertiary/aromatic N) is 1. The lowest BCUT2D eigenvalue weighted by atomic mass is 9.81. The van der Waals surface area contributed by atoms with Crippen molar-refractivity contribution in [1.29, 1.82) is 0 Å². The van der Waals surface area contributed by atoms with Crippen LogP contribution in [0.5, 0.6) is 0 Å². The Bertz CT molecular complexity index is 941. The van der Waals surface area contributed by atoms with Gasteiger partial charge in [-0.15, -0.1) is 0 Å². The topological polar surface area (TPSA) is 72.9 Å². The molecule has 0 N–H and O–H groups in total. The van der Waals surface area contributed by atoms with Crippen molar-refractivity contribution in [2.45, 2.75) is 62.2 Å². The molecule has 27 heavy (non-hydrogen) atoms. The highest BCUT2D eigenvalue weighted by Gasteiger charge is 2.73. The van der Waals surface area contributed by atoms with Gasteiger partial charge in [-0.05, 0) is 69.7 Å². The first-order chi connectivity index (χ1) is 12.7. The second-order valence-corrected chi connectivity index (χ2v) is 9.31. The fraction of sp³-hybridized carbons (Fsp3) is 0.450. The van der Waals surface area contributed by atoms with Gasteiger partial charge in [0.05, 0.1) is 10.7 Å². The molecule has 0 unspecified atom stereocenters. The van der Waals surface area contributed by atoms with Crippen molar-refractivity contribution in [3.63, 3.8) is 0 Å². The summed E-state index contributed by atoms with van der Waals surface area (Å²) in [5.41, 5.74) is -1.12. The van der Waals surface area contributed by atoms with Gasteiger partial charge in [-0.2, -0.15) is 4.31 Å². The van der Waals surface area contributed by atoms with Gasteiger partial charge in [-0.1, -0.05) is 24.3 Å². The maximum atomic E-state index is 13.5. The van der Waals surface area contributed by atoms with E-state index in [-0.39, 0.29) is 4.90 Å². The summed E-state index contributed by atoms with van der Waals surface area (Å²) in [6.07, 6.45) is 4.16. The summed E-state index contributed by atoms with van der Waals surface area (Å²) in [5, 5.41) is 0. The molecule has 3 aliphatic rings. The molecule has 1 aromatic carbocycles. The van der Waals surface area contributed by atoms with Gasteiger partial charge in [0.2, 0.25) is 0 Å². The smallest absolute Gasteiger partial charge is 0.428 e. The highest BCUT2D eigenvalue weighted by Crippen LogP contribution is 2.57. The number of carbonyl (C=O) groups excluding carboxylic acids is 1. The van der Waals surface area contributed by atoms with Gasteiger partial charge < -0.3 is 9.47 Å². The molecule has 2 spiro atoms. The standard InChI is InChI=1S/C20H23NO5S/c1-14-6-10-17(11-7-14)27(23,24)21-18(22)26-19(12-4-5-13-19)20(21)15(2)8-9-16(3)25-20/h6-7,9-11H,2,4-5,8,12-13H2,1,3H3/t20-/m1/s1. The Labute approximate surface area is 159 Å². The molecule has 6 nitrogen and oxygen atoms in total. The Hall–Kier alpha value is -2.28. The normalized spacial score (nSPS) is 27.0. The molecule has 1 amide bonds. The molecule has 1 aromatic rings. The van der Waals surface area contributed by atoms with E-state index in [1.807, 2.05) is 13.0 Å². The van der Waals surface area contributed by atoms with Gasteiger partial charge in [0, 0.05) is 0 Å². The molecule has 2 aliphatic heterocycles. The van der Waals surface area contributed by atoms with Gasteiger partial charge in [0.15, 0.2) is 5.60 Å². The number of fused-ring (bicyclic) bond motifs is 1. The minimum Gasteiger partial charge on any atom is -0.463 e. The van der Waals surface area contributed by atoms with E-state index >= 15 is 0 Å². The fourth-order valence-electron chi connectivity index (χ4n) is 4.41. The summed E-state index contributed by atoms with van der Waals surface area (Å²) >= 11 is 0. The first-order valence-electron chi connectivity index (χ1n) is 9.12. The van der Waals surface area contributed by atoms with E-state index < -0.39 is 27.4 Å². The minimum atomic E-state index is -4.19. The Kier molecular flexibility index (Phi) is 3.93. The Morgan fingerprint density at radius 1 is 1.07 bits per heavy atom. The van der Waals surface area contributed by atoms with Crippen molar-refractivity contribution in [1.82, 2.24) is 4.31 Å². The van der Waals surface area contributed by atoms with Crippen LogP contribution in [-0.4, -0.2) is 30.1 Å². The number of aryl methyl sites for hydroxylation is 1. The van der Waals surface area contributed by atoms with Gasteiger partial charge in [0.25, 0.3) is 15.7 Å². The van der Waals surface area contributed by atoms with Crippen molar-refractivity contribution in [2.24, 2.45) is 0 Å². The van der Waals surface area contributed by atoms with Crippen molar-refractivity contribution in [2.75, 3.05) is 0 Å². The largest absolute Gasteiger partial charge is 0.463 e. The lowest BCUT2D eigenvalue weighted by Gasteiger charge is -2.46. The summed E-state index contributed by atoms with van der Waals surface area (Å²) in [7, 11) is -4.19. The quantitative estimate of drug-likeness (QED) is 0.714. The SMILES string of the molecule is C=C1CC=C(C)O[C@]12N(S(=O)(=O)c1ccc(C)cc1)C(=O)OC21CCCC1. The van der Waals surface area contributed by atoms with Crippen LogP contribution in [0, 0.1) is 6.92 Å². The third-order valence-corrected chi connectivity index (χ3v) is 7.50. The Morgan fingerprint density at radius 2 is 1.70 bits per heavy atom. The van der Waals surface area contributed by atoms with Crippen molar-refractivity contribution in [3.8, 4) is 0 Å². The highest BCUT2D eigenvalue weighted by atomic mass is 32.2. The predicted molar refractivity (Wildman–Crippen MR) is 99.2 cm³/mol. The average molecular weight is 389 g/mol. The number of hydrogen-bond donors (Lipinski definition) is 0. The van der Waals surface area contributed by atoms with E-state index in [1.54, 1.807) is 19.1 Å². The maximum Gasteiger partial charge on any atom is 0.428 e. The van der Waals surface area contributed by atoms with Gasteiger partial charge in [-0.25, -0.2) is 13.2 Å². The van der Waals surface area contributed by atoms with E-state index in [0.29, 0.717) is 30.6 Å². The molecule has 2 fully saturated rings. The molecule has 0 aromatic heterocycles. The molecule has 0 bridgehead atoms. The zero-order valence-electron chi connectivity index (χ0n) is 15.5. The number of carbonyl (C=O) groups is 1. The van der Waals surface area contributed by atoms with Crippen LogP contribution in [0.4, 0.5) is 4.79 Å². The van der Waals surface area contributed by atoms with Gasteiger partial charge in [0.1, 0.15) is 0 Å². The Balaban J connectivity index is 1.93. The second kappa shape index (κ2) is 5.86. The molecule has 1 saturated heterocycles. The molecular weight excluding hydrogens is 366 g/mol. The molecule has 144 valence electrons. The summed E-state index contributed by atoms with van der Waals surface area (Å²) in [4.78, 5) is 13.0. The molecule has 2 heterocycles. The van der Waals surface area contributed by atoms with Crippen LogP contribution in [0.2, 0.25) is 0 Å². The number of ether oxygens (including phenoxy) is 2. The van der Waals surface area contributed by atoms with E-state index in [9.17, 15) is 13.2 Å². The van der Waals surface area contributed by atoms with Crippen LogP contribution in [0.15, 0.2) is 53.1 Å². The van der Waals surface area contributed by atoms with Crippen LogP contribution < -0.4 is 0 Å². The third kappa shape index (κ3) is 2.37. The Morgan fingerprint density at radius 3 is 2.33 bits per heavy atom. The number of amides is 1. The lowest BCUT2D eigenvalue weighted by molar-refractivity contribution is -0.130. The monoisotopic (exact) mass is 389 g/mol. The minimum absolute atomic E-state index is 0.0306. The predicted octanol–water partition coefficient (Wildman–Crippen LogP) is 4.03. The number of hydrogen-bond acceptors (Lipinski definition) is 5. The first-order valence-corrected chi connectivity index (χ1v) is 10.6. The zero-order chi connectivity index (χ0) is 19.4. The average Bonchev–Trinajstić information content (AvgIpc) is 3.16. The number of rotatable bonds is 2. The molecular formula is C20H23NO5S. The summed E-state index contributed by atoms with van der Waals surface area (Å²) < 4.78 is 39.7. The van der Waals surface area contributed by atoms with Gasteiger partial charge >= 0.3 is 6.09 Å². The third-order valence-electron chi connectivity index (χ3n) is 5.75. The lowest BCUT2D eigenvalue weighted by Crippen LogP contribution is -2.62. The summed E-state index contributed by atoms with van der Waals surface area (Å²) in [5.74, 6) is 0.566. The molecule has 1 saturated carbocycles. The maximum absolute atomic E-state index is 13.5. The van der Waals surface area contributed by atoms with Crippen LogP contribution >= 0.6 is 0 Å². The van der Waals surface area contributed by atoms with Crippen molar-refractivity contribution >= 4 is 16.1 Å². The molecule has 1 atom stereocenters. The van der Waals surface area contributed by atoms with Crippen molar-refractivity contribution < 1.29 is 22.7 Å². The summed E-state index contributed by atoms with van der Waals surface area (Å²) in [6, 6.07) is 6.40. The first kappa shape index (κ1) is 18.1. The van der Waals surface area contributed by atoms with E-state index in [4.69, 9.17) is 9.47 Å². The second-order valence-electron chi connectivity index (χ2n) is 7.52. The van der Waals surface area contributed by atoms with Crippen LogP contribution in [0.25, 0.3) is 0 Å².